The molecule has 18 heavy (non-hydrogen) atoms. The number of aliphatic hydroxyl groups is 1. The topological polar surface area (TPSA) is 32.7 Å². The van der Waals surface area contributed by atoms with Gasteiger partial charge in [-0.05, 0) is 18.1 Å². The molecule has 0 radical (unpaired) electrons. The van der Waals surface area contributed by atoms with Gasteiger partial charge in [0.25, 0.3) is 0 Å². The number of alkyl halides is 1. The Hall–Kier alpha value is -1.13. The molecular formula is C14H20FNO2. The molecule has 1 heterocycles. The van der Waals surface area contributed by atoms with Gasteiger partial charge in [0.15, 0.2) is 0 Å². The van der Waals surface area contributed by atoms with E-state index in [1.165, 1.54) is 5.56 Å². The molecule has 1 N–H and O–H groups in total. The lowest BCUT2D eigenvalue weighted by molar-refractivity contribution is 0.115. The van der Waals surface area contributed by atoms with Gasteiger partial charge in [0.05, 0.1) is 6.10 Å². The number of β-amino-alcohol motifs (C(OH)–C–C–N with tert-alkyl or cyclic N) is 1. The number of rotatable bonds is 5. The molecule has 1 fully saturated rings. The van der Waals surface area contributed by atoms with E-state index in [0.29, 0.717) is 26.2 Å². The van der Waals surface area contributed by atoms with E-state index in [1.54, 1.807) is 0 Å². The molecule has 1 aliphatic heterocycles. The van der Waals surface area contributed by atoms with Crippen LogP contribution in [0.4, 0.5) is 4.39 Å². The van der Waals surface area contributed by atoms with Crippen LogP contribution < -0.4 is 4.74 Å². The molecule has 4 heteroatoms. The number of halogens is 1. The van der Waals surface area contributed by atoms with Crippen molar-refractivity contribution < 1.29 is 14.2 Å². The Bertz CT molecular complexity index is 376. The number of aliphatic hydroxyl groups excluding tert-OH is 1. The summed E-state index contributed by atoms with van der Waals surface area (Å²) < 4.78 is 18.8. The van der Waals surface area contributed by atoms with Crippen molar-refractivity contribution in [3.8, 4) is 5.75 Å². The number of para-hydroxylation sites is 1. The number of benzene rings is 1. The Balaban J connectivity index is 1.79. The highest BCUT2D eigenvalue weighted by atomic mass is 19.1. The van der Waals surface area contributed by atoms with E-state index in [4.69, 9.17) is 4.74 Å². The molecular weight excluding hydrogens is 233 g/mol. The van der Waals surface area contributed by atoms with Crippen LogP contribution in [0.5, 0.6) is 5.75 Å². The number of likely N-dealkylation sites (tertiary alicyclic amines) is 1. The molecule has 0 aliphatic carbocycles. The van der Waals surface area contributed by atoms with E-state index in [9.17, 15) is 9.50 Å². The van der Waals surface area contributed by atoms with Gasteiger partial charge in [-0.3, -0.25) is 4.90 Å². The molecule has 100 valence electrons. The third-order valence-electron chi connectivity index (χ3n) is 3.31. The summed E-state index contributed by atoms with van der Waals surface area (Å²) in [4.78, 5) is 1.89. The van der Waals surface area contributed by atoms with Gasteiger partial charge in [-0.25, -0.2) is 4.39 Å². The second-order valence-corrected chi connectivity index (χ2v) is 4.65. The monoisotopic (exact) mass is 253 g/mol. The van der Waals surface area contributed by atoms with Gasteiger partial charge >= 0.3 is 0 Å². The van der Waals surface area contributed by atoms with E-state index in [2.05, 4.69) is 6.92 Å². The van der Waals surface area contributed by atoms with Crippen LogP contribution in [-0.4, -0.2) is 48.5 Å². The minimum Gasteiger partial charge on any atom is -0.492 e. The average molecular weight is 253 g/mol. The van der Waals surface area contributed by atoms with Gasteiger partial charge in [-0.2, -0.15) is 0 Å². The first-order valence-electron chi connectivity index (χ1n) is 6.46. The lowest BCUT2D eigenvalue weighted by Crippen LogP contribution is -2.27. The predicted molar refractivity (Wildman–Crippen MR) is 68.7 cm³/mol. The van der Waals surface area contributed by atoms with Gasteiger partial charge in [0.1, 0.15) is 18.5 Å². The number of hydrogen-bond acceptors (Lipinski definition) is 3. The molecule has 0 saturated carbocycles. The summed E-state index contributed by atoms with van der Waals surface area (Å²) in [6.07, 6.45) is -1.02. The Morgan fingerprint density at radius 3 is 2.83 bits per heavy atom. The standard InChI is InChI=1S/C14H20FNO2/c1-2-11-5-3-4-6-14(11)18-8-7-16-9-12(15)13(17)10-16/h3-6,12-13,17H,2,7-10H2,1H3/t12-,13-/m1/s1. The van der Waals surface area contributed by atoms with E-state index in [-0.39, 0.29) is 0 Å². The predicted octanol–water partition coefficient (Wildman–Crippen LogP) is 1.64. The molecule has 1 aromatic rings. The molecule has 0 bridgehead atoms. The second-order valence-electron chi connectivity index (χ2n) is 4.65. The zero-order valence-electron chi connectivity index (χ0n) is 10.7. The van der Waals surface area contributed by atoms with Crippen LogP contribution in [0.15, 0.2) is 24.3 Å². The Kier molecular flexibility index (Phi) is 4.55. The number of aryl methyl sites for hydroxylation is 1. The molecule has 0 amide bonds. The summed E-state index contributed by atoms with van der Waals surface area (Å²) in [5.74, 6) is 0.900. The van der Waals surface area contributed by atoms with Crippen molar-refractivity contribution in [2.75, 3.05) is 26.2 Å². The summed E-state index contributed by atoms with van der Waals surface area (Å²) in [5.41, 5.74) is 1.18. The number of nitrogens with zero attached hydrogens (tertiary/aromatic N) is 1. The van der Waals surface area contributed by atoms with Crippen LogP contribution in [0, 0.1) is 0 Å². The van der Waals surface area contributed by atoms with Gasteiger partial charge in [-0.1, -0.05) is 25.1 Å². The fourth-order valence-corrected chi connectivity index (χ4v) is 2.23. The van der Waals surface area contributed by atoms with Crippen molar-refractivity contribution in [1.82, 2.24) is 4.90 Å². The highest BCUT2D eigenvalue weighted by molar-refractivity contribution is 5.33. The smallest absolute Gasteiger partial charge is 0.140 e. The zero-order chi connectivity index (χ0) is 13.0. The lowest BCUT2D eigenvalue weighted by Gasteiger charge is -2.16. The Labute approximate surface area is 107 Å². The number of ether oxygens (including phenoxy) is 1. The molecule has 2 rings (SSSR count). The minimum atomic E-state index is -1.12. The maximum absolute atomic E-state index is 13.1. The van der Waals surface area contributed by atoms with Gasteiger partial charge in [-0.15, -0.1) is 0 Å². The third kappa shape index (κ3) is 3.21. The Morgan fingerprint density at radius 2 is 2.17 bits per heavy atom. The first-order valence-corrected chi connectivity index (χ1v) is 6.46. The largest absolute Gasteiger partial charge is 0.492 e. The van der Waals surface area contributed by atoms with Gasteiger partial charge < -0.3 is 9.84 Å². The summed E-state index contributed by atoms with van der Waals surface area (Å²) in [6, 6.07) is 7.95. The maximum atomic E-state index is 13.1. The molecule has 3 nitrogen and oxygen atoms in total. The quantitative estimate of drug-likeness (QED) is 0.866. The fourth-order valence-electron chi connectivity index (χ4n) is 2.23. The summed E-state index contributed by atoms with van der Waals surface area (Å²) in [5, 5.41) is 9.31. The normalized spacial score (nSPS) is 24.4. The minimum absolute atomic E-state index is 0.306. The summed E-state index contributed by atoms with van der Waals surface area (Å²) in [7, 11) is 0. The third-order valence-corrected chi connectivity index (χ3v) is 3.31. The van der Waals surface area contributed by atoms with Crippen molar-refractivity contribution in [3.63, 3.8) is 0 Å². The van der Waals surface area contributed by atoms with Crippen molar-refractivity contribution in [2.45, 2.75) is 25.6 Å². The molecule has 0 spiro atoms. The van der Waals surface area contributed by atoms with Crippen molar-refractivity contribution >= 4 is 0 Å². The molecule has 1 aromatic carbocycles. The molecule has 1 saturated heterocycles. The number of hydrogen-bond donors (Lipinski definition) is 1. The highest BCUT2D eigenvalue weighted by Crippen LogP contribution is 2.18. The van der Waals surface area contributed by atoms with Crippen molar-refractivity contribution in [1.29, 1.82) is 0 Å². The van der Waals surface area contributed by atoms with E-state index >= 15 is 0 Å². The second kappa shape index (κ2) is 6.16. The van der Waals surface area contributed by atoms with Crippen LogP contribution in [0.3, 0.4) is 0 Å². The molecule has 2 atom stereocenters. The first-order chi connectivity index (χ1) is 8.70. The summed E-state index contributed by atoms with van der Waals surface area (Å²) >= 11 is 0. The van der Waals surface area contributed by atoms with Crippen LogP contribution in [-0.2, 0) is 6.42 Å². The van der Waals surface area contributed by atoms with E-state index in [0.717, 1.165) is 12.2 Å². The van der Waals surface area contributed by atoms with Crippen LogP contribution >= 0.6 is 0 Å². The van der Waals surface area contributed by atoms with E-state index < -0.39 is 12.3 Å². The van der Waals surface area contributed by atoms with Crippen LogP contribution in [0.1, 0.15) is 12.5 Å². The zero-order valence-corrected chi connectivity index (χ0v) is 10.7. The average Bonchev–Trinajstić information content (AvgIpc) is 2.69. The SMILES string of the molecule is CCc1ccccc1OCCN1C[C@@H](O)[C@H](F)C1. The molecule has 1 aliphatic rings. The highest BCUT2D eigenvalue weighted by Gasteiger charge is 2.30. The lowest BCUT2D eigenvalue weighted by atomic mass is 10.1. The molecule has 0 aromatic heterocycles. The van der Waals surface area contributed by atoms with Gasteiger partial charge in [0.2, 0.25) is 0 Å². The van der Waals surface area contributed by atoms with Gasteiger partial charge in [0, 0.05) is 19.6 Å². The van der Waals surface area contributed by atoms with Crippen molar-refractivity contribution in [3.05, 3.63) is 29.8 Å². The van der Waals surface area contributed by atoms with E-state index in [1.807, 2.05) is 29.2 Å². The molecule has 0 unspecified atom stereocenters. The fraction of sp³-hybridized carbons (Fsp3) is 0.571. The van der Waals surface area contributed by atoms with Crippen LogP contribution in [0.25, 0.3) is 0 Å². The van der Waals surface area contributed by atoms with Crippen molar-refractivity contribution in [2.24, 2.45) is 0 Å². The first kappa shape index (κ1) is 13.3. The van der Waals surface area contributed by atoms with Crippen LogP contribution in [0.2, 0.25) is 0 Å². The maximum Gasteiger partial charge on any atom is 0.140 e. The Morgan fingerprint density at radius 1 is 1.39 bits per heavy atom. The summed E-state index contributed by atoms with van der Waals surface area (Å²) in [6.45, 7) is 3.97.